The smallest absolute Gasteiger partial charge is 0.231 e. The highest BCUT2D eigenvalue weighted by Gasteiger charge is 2.52. The van der Waals surface area contributed by atoms with Crippen molar-refractivity contribution in [2.75, 3.05) is 6.54 Å². The molecule has 3 nitrogen and oxygen atoms in total. The summed E-state index contributed by atoms with van der Waals surface area (Å²) in [5.41, 5.74) is 5.19. The molecule has 5 fully saturated rings. The van der Waals surface area contributed by atoms with Crippen molar-refractivity contribution in [3.8, 4) is 0 Å². The van der Waals surface area contributed by atoms with Crippen molar-refractivity contribution in [2.45, 2.75) is 51.0 Å². The number of amides is 1. The van der Waals surface area contributed by atoms with Crippen molar-refractivity contribution < 1.29 is 4.79 Å². The number of carbonyl (C=O) groups is 1. The van der Waals surface area contributed by atoms with Crippen LogP contribution in [-0.2, 0) is 4.79 Å². The second-order valence-electron chi connectivity index (χ2n) is 7.78. The van der Waals surface area contributed by atoms with E-state index in [-0.39, 0.29) is 5.91 Å². The van der Waals surface area contributed by atoms with Gasteiger partial charge in [-0.1, -0.05) is 0 Å². The van der Waals surface area contributed by atoms with Crippen molar-refractivity contribution in [2.24, 2.45) is 41.2 Å². The standard InChI is InChI=1S/C16H26N2O/c17-15(19)8-18-14-6-13(7-14)16-11-2-9-1-10(4-11)5-12(16)3-9/h9-14,16,18H,1-8H2,(H2,17,19). The normalized spacial score (nSPS) is 51.1. The molecule has 1 amide bonds. The van der Waals surface area contributed by atoms with Crippen LogP contribution < -0.4 is 11.1 Å². The van der Waals surface area contributed by atoms with E-state index in [0.29, 0.717) is 12.6 Å². The maximum Gasteiger partial charge on any atom is 0.231 e. The average molecular weight is 262 g/mol. The number of rotatable bonds is 4. The van der Waals surface area contributed by atoms with Gasteiger partial charge in [0.2, 0.25) is 5.91 Å². The van der Waals surface area contributed by atoms with Crippen LogP contribution in [0, 0.1) is 35.5 Å². The Morgan fingerprint density at radius 3 is 1.95 bits per heavy atom. The molecule has 0 aromatic heterocycles. The first kappa shape index (κ1) is 12.2. The topological polar surface area (TPSA) is 55.1 Å². The van der Waals surface area contributed by atoms with Crippen LogP contribution in [0.4, 0.5) is 0 Å². The fourth-order valence-corrected chi connectivity index (χ4v) is 6.12. The van der Waals surface area contributed by atoms with Gasteiger partial charge in [-0.25, -0.2) is 0 Å². The molecular weight excluding hydrogens is 236 g/mol. The Morgan fingerprint density at radius 1 is 0.895 bits per heavy atom. The maximum absolute atomic E-state index is 10.8. The molecule has 0 aromatic carbocycles. The first-order valence-electron chi connectivity index (χ1n) is 8.20. The number of primary amides is 1. The van der Waals surface area contributed by atoms with E-state index >= 15 is 0 Å². The molecule has 19 heavy (non-hydrogen) atoms. The molecule has 3 heteroatoms. The minimum atomic E-state index is -0.224. The summed E-state index contributed by atoms with van der Waals surface area (Å²) in [7, 11) is 0. The number of carbonyl (C=O) groups excluding carboxylic acids is 1. The zero-order chi connectivity index (χ0) is 13.0. The van der Waals surface area contributed by atoms with Crippen LogP contribution >= 0.6 is 0 Å². The predicted molar refractivity (Wildman–Crippen MR) is 74.2 cm³/mol. The van der Waals surface area contributed by atoms with Crippen LogP contribution in [0.2, 0.25) is 0 Å². The second kappa shape index (κ2) is 4.47. The minimum Gasteiger partial charge on any atom is -0.369 e. The van der Waals surface area contributed by atoms with Gasteiger partial charge < -0.3 is 11.1 Å². The molecule has 106 valence electrons. The molecule has 3 N–H and O–H groups in total. The monoisotopic (exact) mass is 262 g/mol. The summed E-state index contributed by atoms with van der Waals surface area (Å²) in [5.74, 6) is 6.03. The van der Waals surface area contributed by atoms with Crippen LogP contribution in [0.1, 0.15) is 44.9 Å². The van der Waals surface area contributed by atoms with Crippen LogP contribution in [0.15, 0.2) is 0 Å². The fraction of sp³-hybridized carbons (Fsp3) is 0.938. The zero-order valence-electron chi connectivity index (χ0n) is 11.7. The van der Waals surface area contributed by atoms with Crippen molar-refractivity contribution in [3.63, 3.8) is 0 Å². The highest BCUT2D eigenvalue weighted by Crippen LogP contribution is 2.60. The molecule has 0 spiro atoms. The lowest BCUT2D eigenvalue weighted by atomic mass is 9.47. The minimum absolute atomic E-state index is 0.224. The molecule has 0 heterocycles. The molecule has 5 saturated carbocycles. The highest BCUT2D eigenvalue weighted by atomic mass is 16.1. The molecule has 0 atom stereocenters. The third-order valence-corrected chi connectivity index (χ3v) is 6.58. The van der Waals surface area contributed by atoms with Gasteiger partial charge in [0, 0.05) is 6.04 Å². The summed E-state index contributed by atoms with van der Waals surface area (Å²) >= 11 is 0. The lowest BCUT2D eigenvalue weighted by Gasteiger charge is -2.59. The predicted octanol–water partition coefficient (Wildman–Crippen LogP) is 1.91. The molecule has 5 rings (SSSR count). The maximum atomic E-state index is 10.8. The zero-order valence-corrected chi connectivity index (χ0v) is 11.7. The van der Waals surface area contributed by atoms with Gasteiger partial charge in [0.05, 0.1) is 6.54 Å². The summed E-state index contributed by atoms with van der Waals surface area (Å²) in [6.07, 6.45) is 10.3. The third-order valence-electron chi connectivity index (χ3n) is 6.58. The Bertz CT molecular complexity index is 347. The average Bonchev–Trinajstić information content (AvgIpc) is 2.28. The summed E-state index contributed by atoms with van der Waals surface area (Å²) in [5, 5.41) is 3.30. The van der Waals surface area contributed by atoms with E-state index in [1.165, 1.54) is 38.5 Å². The molecule has 5 aliphatic carbocycles. The van der Waals surface area contributed by atoms with Gasteiger partial charge in [-0.2, -0.15) is 0 Å². The Labute approximate surface area is 115 Å². The SMILES string of the molecule is NC(=O)CNC1CC(C2C3CC4CC(C3)CC2C4)C1. The molecular formula is C16H26N2O. The number of nitrogens with one attached hydrogen (secondary N) is 1. The van der Waals surface area contributed by atoms with Crippen LogP contribution in [-0.4, -0.2) is 18.5 Å². The van der Waals surface area contributed by atoms with Gasteiger partial charge in [-0.05, 0) is 80.5 Å². The van der Waals surface area contributed by atoms with Gasteiger partial charge in [0.25, 0.3) is 0 Å². The molecule has 5 aliphatic rings. The Morgan fingerprint density at radius 2 is 1.42 bits per heavy atom. The van der Waals surface area contributed by atoms with Gasteiger partial charge in [0.15, 0.2) is 0 Å². The summed E-state index contributed by atoms with van der Waals surface area (Å²) < 4.78 is 0. The number of hydrogen-bond donors (Lipinski definition) is 2. The molecule has 4 bridgehead atoms. The van der Waals surface area contributed by atoms with Gasteiger partial charge in [-0.3, -0.25) is 4.79 Å². The van der Waals surface area contributed by atoms with Crippen molar-refractivity contribution in [1.82, 2.24) is 5.32 Å². The van der Waals surface area contributed by atoms with E-state index in [1.807, 2.05) is 0 Å². The van der Waals surface area contributed by atoms with E-state index in [1.54, 1.807) is 6.42 Å². The molecule has 0 aromatic rings. The Kier molecular flexibility index (Phi) is 2.87. The third kappa shape index (κ3) is 2.10. The van der Waals surface area contributed by atoms with Gasteiger partial charge in [0.1, 0.15) is 0 Å². The lowest BCUT2D eigenvalue weighted by Crippen LogP contribution is -2.54. The van der Waals surface area contributed by atoms with Crippen molar-refractivity contribution >= 4 is 5.91 Å². The van der Waals surface area contributed by atoms with Crippen LogP contribution in [0.25, 0.3) is 0 Å². The number of nitrogens with two attached hydrogens (primary N) is 1. The summed E-state index contributed by atoms with van der Waals surface area (Å²) in [6.45, 7) is 0.360. The van der Waals surface area contributed by atoms with Gasteiger partial charge >= 0.3 is 0 Å². The van der Waals surface area contributed by atoms with E-state index < -0.39 is 0 Å². The molecule has 0 radical (unpaired) electrons. The molecule has 0 unspecified atom stereocenters. The highest BCUT2D eigenvalue weighted by molar-refractivity contribution is 5.75. The molecule has 0 aliphatic heterocycles. The van der Waals surface area contributed by atoms with Crippen molar-refractivity contribution in [1.29, 1.82) is 0 Å². The number of hydrogen-bond acceptors (Lipinski definition) is 2. The summed E-state index contributed by atoms with van der Waals surface area (Å²) in [6, 6.07) is 0.565. The van der Waals surface area contributed by atoms with Crippen LogP contribution in [0.5, 0.6) is 0 Å². The summed E-state index contributed by atoms with van der Waals surface area (Å²) in [4.78, 5) is 10.8. The quantitative estimate of drug-likeness (QED) is 0.813. The van der Waals surface area contributed by atoms with E-state index in [4.69, 9.17) is 5.73 Å². The van der Waals surface area contributed by atoms with E-state index in [0.717, 1.165) is 35.5 Å². The first-order chi connectivity index (χ1) is 9.19. The van der Waals surface area contributed by atoms with Crippen LogP contribution in [0.3, 0.4) is 0 Å². The second-order valence-corrected chi connectivity index (χ2v) is 7.78. The Balaban J connectivity index is 1.33. The fourth-order valence-electron chi connectivity index (χ4n) is 6.12. The van der Waals surface area contributed by atoms with Crippen molar-refractivity contribution in [3.05, 3.63) is 0 Å². The molecule has 0 saturated heterocycles. The Hall–Kier alpha value is -0.570. The first-order valence-corrected chi connectivity index (χ1v) is 8.20. The largest absolute Gasteiger partial charge is 0.369 e. The van der Waals surface area contributed by atoms with E-state index in [9.17, 15) is 4.79 Å². The lowest BCUT2D eigenvalue weighted by molar-refractivity contribution is -0.117. The van der Waals surface area contributed by atoms with Gasteiger partial charge in [-0.15, -0.1) is 0 Å². The van der Waals surface area contributed by atoms with E-state index in [2.05, 4.69) is 5.32 Å².